The van der Waals surface area contributed by atoms with E-state index in [9.17, 15) is 14.4 Å². The van der Waals surface area contributed by atoms with Gasteiger partial charge in [-0.2, -0.15) is 0 Å². The smallest absolute Gasteiger partial charge is 0.338 e. The summed E-state index contributed by atoms with van der Waals surface area (Å²) in [6.07, 6.45) is -2.08. The molecule has 4 aromatic carbocycles. The van der Waals surface area contributed by atoms with E-state index >= 15 is 0 Å². The van der Waals surface area contributed by atoms with E-state index < -0.39 is 30.4 Å². The van der Waals surface area contributed by atoms with Gasteiger partial charge in [0.05, 0.1) is 22.5 Å². The topological polar surface area (TPSA) is 94.2 Å². The quantitative estimate of drug-likeness (QED) is 0.304. The van der Waals surface area contributed by atoms with Crippen molar-refractivity contribution in [2.24, 2.45) is 0 Å². The first-order valence-corrected chi connectivity index (χ1v) is 13.2. The van der Waals surface area contributed by atoms with Gasteiger partial charge in [0.1, 0.15) is 25.0 Å². The molecule has 0 spiro atoms. The monoisotopic (exact) mass is 536 g/mol. The number of nitrogens with zero attached hydrogens (tertiary/aromatic N) is 1. The minimum Gasteiger partial charge on any atom is -0.459 e. The van der Waals surface area contributed by atoms with Gasteiger partial charge in [-0.25, -0.2) is 14.4 Å². The summed E-state index contributed by atoms with van der Waals surface area (Å²) in [6.45, 7) is 3.72. The van der Waals surface area contributed by atoms with Crippen LogP contribution in [0.1, 0.15) is 38.3 Å². The van der Waals surface area contributed by atoms with E-state index in [2.05, 4.69) is 5.32 Å². The van der Waals surface area contributed by atoms with E-state index in [1.807, 2.05) is 74.5 Å². The summed E-state index contributed by atoms with van der Waals surface area (Å²) < 4.78 is 17.8. The molecule has 0 aliphatic carbocycles. The minimum absolute atomic E-state index is 0.148. The molecule has 2 aliphatic rings. The second kappa shape index (κ2) is 10.5. The first kappa shape index (κ1) is 25.6. The molecule has 0 bridgehead atoms. The SMILES string of the molecule is Cc1ccc(C(=O)OC[C@H]2O[C@@H](N3C(=O)Nc4cccc5cccc3c45)C[C@@H]2OC(=O)c2ccc(C)cc2)cc1. The zero-order valence-corrected chi connectivity index (χ0v) is 22.1. The molecule has 0 aromatic heterocycles. The van der Waals surface area contributed by atoms with Crippen molar-refractivity contribution in [2.75, 3.05) is 16.8 Å². The van der Waals surface area contributed by atoms with Crippen LogP contribution in [0, 0.1) is 13.8 Å². The standard InChI is InChI=1S/C32H28N2O6/c1-19-9-13-22(14-10-19)30(35)38-18-27-26(40-31(36)23-15-11-20(2)12-16-23)17-28(39-27)34-25-8-4-6-21-5-3-7-24(29(21)25)33-32(34)37/h3-16,26-28H,17-18H2,1-2H3,(H,33,37)/t26-,27+,28+/m0/s1. The number of carbonyl (C=O) groups is 3. The second-order valence-electron chi connectivity index (χ2n) is 10.1. The van der Waals surface area contributed by atoms with Gasteiger partial charge in [0, 0.05) is 11.8 Å². The molecule has 1 saturated heterocycles. The lowest BCUT2D eigenvalue weighted by molar-refractivity contribution is -0.0411. The van der Waals surface area contributed by atoms with Crippen LogP contribution in [-0.2, 0) is 14.2 Å². The zero-order valence-electron chi connectivity index (χ0n) is 22.1. The van der Waals surface area contributed by atoms with Crippen molar-refractivity contribution in [3.05, 3.63) is 107 Å². The van der Waals surface area contributed by atoms with Crippen LogP contribution in [0.3, 0.4) is 0 Å². The number of nitrogens with one attached hydrogen (secondary N) is 1. The van der Waals surface area contributed by atoms with E-state index in [-0.39, 0.29) is 19.1 Å². The van der Waals surface area contributed by atoms with Crippen LogP contribution < -0.4 is 10.2 Å². The van der Waals surface area contributed by atoms with E-state index in [4.69, 9.17) is 14.2 Å². The Balaban J connectivity index is 1.26. The molecule has 0 saturated carbocycles. The lowest BCUT2D eigenvalue weighted by Gasteiger charge is -2.33. The summed E-state index contributed by atoms with van der Waals surface area (Å²) in [6, 6.07) is 25.2. The summed E-state index contributed by atoms with van der Waals surface area (Å²) >= 11 is 0. The van der Waals surface area contributed by atoms with Gasteiger partial charge in [0.15, 0.2) is 0 Å². The molecule has 40 heavy (non-hydrogen) atoms. The van der Waals surface area contributed by atoms with E-state index in [1.165, 1.54) is 0 Å². The fourth-order valence-electron chi connectivity index (χ4n) is 5.16. The summed E-state index contributed by atoms with van der Waals surface area (Å²) in [5, 5.41) is 4.82. The third-order valence-corrected chi connectivity index (χ3v) is 7.28. The average Bonchev–Trinajstić information content (AvgIpc) is 3.34. The number of carbonyl (C=O) groups excluding carboxylic acids is 3. The molecule has 0 radical (unpaired) electrons. The van der Waals surface area contributed by atoms with Gasteiger partial charge in [-0.1, -0.05) is 59.7 Å². The summed E-state index contributed by atoms with van der Waals surface area (Å²) in [7, 11) is 0. The highest BCUT2D eigenvalue weighted by molar-refractivity contribution is 6.18. The van der Waals surface area contributed by atoms with E-state index in [0.717, 1.165) is 27.6 Å². The molecule has 1 N–H and O–H groups in total. The maximum atomic E-state index is 13.3. The highest BCUT2D eigenvalue weighted by Crippen LogP contribution is 2.40. The van der Waals surface area contributed by atoms with Crippen LogP contribution in [0.25, 0.3) is 10.8 Å². The van der Waals surface area contributed by atoms with Crippen molar-refractivity contribution in [2.45, 2.75) is 38.7 Å². The molecular weight excluding hydrogens is 508 g/mol. The van der Waals surface area contributed by atoms with Crippen molar-refractivity contribution >= 4 is 40.1 Å². The molecule has 0 unspecified atom stereocenters. The number of anilines is 2. The minimum atomic E-state index is -0.780. The number of hydrogen-bond donors (Lipinski definition) is 1. The number of benzene rings is 4. The van der Waals surface area contributed by atoms with Gasteiger partial charge < -0.3 is 19.5 Å². The molecule has 4 aromatic rings. The lowest BCUT2D eigenvalue weighted by Crippen LogP contribution is -2.45. The number of urea groups is 1. The third-order valence-electron chi connectivity index (χ3n) is 7.28. The van der Waals surface area contributed by atoms with Crippen LogP contribution >= 0.6 is 0 Å². The van der Waals surface area contributed by atoms with Gasteiger partial charge in [-0.05, 0) is 55.6 Å². The molecule has 8 heteroatoms. The van der Waals surface area contributed by atoms with Gasteiger partial charge in [-0.15, -0.1) is 0 Å². The summed E-state index contributed by atoms with van der Waals surface area (Å²) in [5.74, 6) is -1.02. The summed E-state index contributed by atoms with van der Waals surface area (Å²) in [5.41, 5.74) is 4.28. The van der Waals surface area contributed by atoms with Crippen LogP contribution in [0.15, 0.2) is 84.9 Å². The first-order valence-electron chi connectivity index (χ1n) is 13.2. The molecule has 2 heterocycles. The number of ether oxygens (including phenoxy) is 3. The molecule has 2 amide bonds. The Labute approximate surface area is 231 Å². The van der Waals surface area contributed by atoms with Crippen LogP contribution in [0.4, 0.5) is 16.2 Å². The van der Waals surface area contributed by atoms with Gasteiger partial charge >= 0.3 is 18.0 Å². The largest absolute Gasteiger partial charge is 0.459 e. The fraction of sp³-hybridized carbons (Fsp3) is 0.219. The normalized spacial score (nSPS) is 19.8. The Hall–Kier alpha value is -4.69. The van der Waals surface area contributed by atoms with Crippen molar-refractivity contribution in [1.82, 2.24) is 0 Å². The summed E-state index contributed by atoms with van der Waals surface area (Å²) in [4.78, 5) is 40.6. The molecule has 1 fully saturated rings. The van der Waals surface area contributed by atoms with Crippen molar-refractivity contribution in [3.63, 3.8) is 0 Å². The Morgan fingerprint density at radius 1 is 0.875 bits per heavy atom. The maximum Gasteiger partial charge on any atom is 0.338 e. The number of esters is 2. The Morgan fingerprint density at radius 3 is 2.17 bits per heavy atom. The second-order valence-corrected chi connectivity index (χ2v) is 10.1. The van der Waals surface area contributed by atoms with Gasteiger partial charge in [0.25, 0.3) is 0 Å². The zero-order chi connectivity index (χ0) is 27.8. The molecular formula is C32H28N2O6. The van der Waals surface area contributed by atoms with E-state index in [0.29, 0.717) is 16.8 Å². The number of amides is 2. The van der Waals surface area contributed by atoms with Crippen LogP contribution in [-0.4, -0.2) is 43.0 Å². The molecule has 8 nitrogen and oxygen atoms in total. The Kier molecular flexibility index (Phi) is 6.69. The predicted octanol–water partition coefficient (Wildman–Crippen LogP) is 6.01. The predicted molar refractivity (Wildman–Crippen MR) is 151 cm³/mol. The molecule has 202 valence electrons. The fourth-order valence-corrected chi connectivity index (χ4v) is 5.16. The van der Waals surface area contributed by atoms with Gasteiger partial charge in [0.2, 0.25) is 0 Å². The highest BCUT2D eigenvalue weighted by Gasteiger charge is 2.45. The Bertz CT molecular complexity index is 1590. The van der Waals surface area contributed by atoms with Crippen molar-refractivity contribution in [3.8, 4) is 0 Å². The number of aryl methyl sites for hydroxylation is 2. The number of rotatable bonds is 6. The number of hydrogen-bond acceptors (Lipinski definition) is 6. The first-order chi connectivity index (χ1) is 19.4. The van der Waals surface area contributed by atoms with Crippen LogP contribution in [0.2, 0.25) is 0 Å². The van der Waals surface area contributed by atoms with Crippen LogP contribution in [0.5, 0.6) is 0 Å². The maximum absolute atomic E-state index is 13.3. The Morgan fingerprint density at radius 2 is 1.50 bits per heavy atom. The third kappa shape index (κ3) is 4.89. The average molecular weight is 537 g/mol. The lowest BCUT2D eigenvalue weighted by atomic mass is 10.0. The van der Waals surface area contributed by atoms with Crippen molar-refractivity contribution in [1.29, 1.82) is 0 Å². The molecule has 6 rings (SSSR count). The highest BCUT2D eigenvalue weighted by atomic mass is 16.6. The van der Waals surface area contributed by atoms with Gasteiger partial charge in [-0.3, -0.25) is 4.90 Å². The van der Waals surface area contributed by atoms with E-state index in [1.54, 1.807) is 29.2 Å². The molecule has 2 aliphatic heterocycles. The van der Waals surface area contributed by atoms with Crippen molar-refractivity contribution < 1.29 is 28.6 Å². The molecule has 3 atom stereocenters.